The molecule has 0 aliphatic rings. The Hall–Kier alpha value is -2.32. The van der Waals surface area contributed by atoms with Crippen molar-refractivity contribution < 1.29 is 8.76 Å². The molecule has 3 rings (SSSR count). The van der Waals surface area contributed by atoms with Crippen LogP contribution in [0.15, 0.2) is 36.7 Å². The lowest BCUT2D eigenvalue weighted by atomic mass is 10.1. The molecule has 0 aliphatic heterocycles. The number of anilines is 1. The highest BCUT2D eigenvalue weighted by Gasteiger charge is 2.04. The Morgan fingerprint density at radius 3 is 2.74 bits per heavy atom. The van der Waals surface area contributed by atoms with E-state index in [9.17, 15) is 8.76 Å². The number of fused-ring (bicyclic) bond motifs is 1. The lowest BCUT2D eigenvalue weighted by molar-refractivity contribution is 0.542. The summed E-state index contributed by atoms with van der Waals surface area (Å²) in [5.41, 5.74) is 3.33. The predicted octanol–water partition coefficient (Wildman–Crippen LogP) is 1.23. The number of aromatic amines is 1. The van der Waals surface area contributed by atoms with Gasteiger partial charge in [-0.15, -0.1) is 0 Å². The van der Waals surface area contributed by atoms with Crippen molar-refractivity contribution >= 4 is 28.1 Å². The van der Waals surface area contributed by atoms with Gasteiger partial charge in [-0.05, 0) is 12.1 Å². The molecular formula is C11H8N5O2S-. The van der Waals surface area contributed by atoms with Gasteiger partial charge in [-0.1, -0.05) is 12.1 Å². The first-order valence-corrected chi connectivity index (χ1v) is 6.42. The maximum atomic E-state index is 10.5. The molecular weight excluding hydrogens is 266 g/mol. The van der Waals surface area contributed by atoms with Crippen molar-refractivity contribution in [3.63, 3.8) is 0 Å². The summed E-state index contributed by atoms with van der Waals surface area (Å²) in [6.45, 7) is 0. The van der Waals surface area contributed by atoms with E-state index in [-0.39, 0.29) is 0 Å². The van der Waals surface area contributed by atoms with Crippen molar-refractivity contribution in [2.75, 3.05) is 4.72 Å². The zero-order valence-electron chi connectivity index (χ0n) is 9.53. The molecule has 2 heterocycles. The van der Waals surface area contributed by atoms with Crippen LogP contribution in [0.4, 0.5) is 5.69 Å². The van der Waals surface area contributed by atoms with Gasteiger partial charge in [0.15, 0.2) is 5.65 Å². The van der Waals surface area contributed by atoms with E-state index in [1.807, 2.05) is 0 Å². The molecule has 0 radical (unpaired) electrons. The molecule has 1 unspecified atom stereocenters. The molecule has 0 fully saturated rings. The molecule has 8 heteroatoms. The topological polar surface area (TPSA) is 107 Å². The summed E-state index contributed by atoms with van der Waals surface area (Å²) in [5.74, 6) is 0. The third kappa shape index (κ3) is 2.44. The van der Waals surface area contributed by atoms with Crippen molar-refractivity contribution in [2.45, 2.75) is 0 Å². The number of H-pyrrole nitrogens is 1. The number of hydrogen-bond donors (Lipinski definition) is 2. The lowest BCUT2D eigenvalue weighted by Gasteiger charge is -2.08. The highest BCUT2D eigenvalue weighted by molar-refractivity contribution is 7.80. The molecule has 1 aromatic carbocycles. The first-order valence-electron chi connectivity index (χ1n) is 5.35. The van der Waals surface area contributed by atoms with Gasteiger partial charge in [0.2, 0.25) is 0 Å². The van der Waals surface area contributed by atoms with Crippen LogP contribution < -0.4 is 4.72 Å². The summed E-state index contributed by atoms with van der Waals surface area (Å²) in [4.78, 5) is 8.59. The van der Waals surface area contributed by atoms with Gasteiger partial charge < -0.3 is 9.27 Å². The highest BCUT2D eigenvalue weighted by Crippen LogP contribution is 2.20. The SMILES string of the molecule is O=S([O-])Nc1ccc(-c2cnc3cn[nH]c3n2)cc1. The average Bonchev–Trinajstić information content (AvgIpc) is 2.86. The molecule has 0 bridgehead atoms. The maximum Gasteiger partial charge on any atom is 0.174 e. The molecule has 7 nitrogen and oxygen atoms in total. The molecule has 1 atom stereocenters. The van der Waals surface area contributed by atoms with Gasteiger partial charge in [-0.25, -0.2) is 9.97 Å². The van der Waals surface area contributed by atoms with Gasteiger partial charge in [0.1, 0.15) is 5.52 Å². The summed E-state index contributed by atoms with van der Waals surface area (Å²) in [5, 5.41) is 6.60. The lowest BCUT2D eigenvalue weighted by Crippen LogP contribution is -2.01. The Bertz CT molecular complexity index is 740. The summed E-state index contributed by atoms with van der Waals surface area (Å²) in [7, 11) is 0. The Labute approximate surface area is 110 Å². The summed E-state index contributed by atoms with van der Waals surface area (Å²) >= 11 is -2.32. The van der Waals surface area contributed by atoms with Crippen LogP contribution in [0.5, 0.6) is 0 Å². The van der Waals surface area contributed by atoms with Crippen molar-refractivity contribution in [1.29, 1.82) is 0 Å². The normalized spacial score (nSPS) is 12.5. The van der Waals surface area contributed by atoms with Crippen molar-refractivity contribution in [2.24, 2.45) is 0 Å². The fourth-order valence-corrected chi connectivity index (χ4v) is 2.00. The standard InChI is InChI=1S/C11H9N5O2S/c17-19(18)16-8-3-1-7(2-4-8)9-5-12-10-6-13-15-11(10)14-9/h1-6,16H,(H,17,18)(H,13,14,15)/p-1. The van der Waals surface area contributed by atoms with E-state index in [0.29, 0.717) is 22.5 Å². The fraction of sp³-hybridized carbons (Fsp3) is 0. The van der Waals surface area contributed by atoms with Crippen LogP contribution in [0, 0.1) is 0 Å². The average molecular weight is 274 g/mol. The van der Waals surface area contributed by atoms with Crippen LogP contribution >= 0.6 is 0 Å². The summed E-state index contributed by atoms with van der Waals surface area (Å²) < 4.78 is 23.3. The van der Waals surface area contributed by atoms with Crippen LogP contribution in [0.3, 0.4) is 0 Å². The quantitative estimate of drug-likeness (QED) is 0.698. The molecule has 96 valence electrons. The molecule has 3 aromatic rings. The molecule has 2 aromatic heterocycles. The number of benzene rings is 1. The minimum Gasteiger partial charge on any atom is -0.755 e. The number of rotatable bonds is 3. The molecule has 0 spiro atoms. The summed E-state index contributed by atoms with van der Waals surface area (Å²) in [6, 6.07) is 6.84. The Balaban J connectivity index is 1.94. The third-order valence-corrected chi connectivity index (χ3v) is 2.94. The largest absolute Gasteiger partial charge is 0.755 e. The van der Waals surface area contributed by atoms with Gasteiger partial charge in [0, 0.05) is 22.5 Å². The van der Waals surface area contributed by atoms with E-state index in [1.165, 1.54) is 0 Å². The first-order chi connectivity index (χ1) is 9.22. The van der Waals surface area contributed by atoms with Crippen LogP contribution in [0.2, 0.25) is 0 Å². The van der Waals surface area contributed by atoms with Crippen molar-refractivity contribution in [3.05, 3.63) is 36.7 Å². The monoisotopic (exact) mass is 274 g/mol. The van der Waals surface area contributed by atoms with Crippen molar-refractivity contribution in [3.8, 4) is 11.3 Å². The minimum absolute atomic E-state index is 0.493. The van der Waals surface area contributed by atoms with E-state index in [1.54, 1.807) is 36.7 Å². The number of nitrogens with zero attached hydrogens (tertiary/aromatic N) is 3. The highest BCUT2D eigenvalue weighted by atomic mass is 32.2. The predicted molar refractivity (Wildman–Crippen MR) is 69.7 cm³/mol. The first kappa shape index (κ1) is 11.8. The fourth-order valence-electron chi connectivity index (χ4n) is 1.67. The van der Waals surface area contributed by atoms with Crippen LogP contribution in [0.1, 0.15) is 0 Å². The second kappa shape index (κ2) is 4.75. The molecule has 19 heavy (non-hydrogen) atoms. The Morgan fingerprint density at radius 1 is 1.21 bits per heavy atom. The van der Waals surface area contributed by atoms with Gasteiger partial charge in [-0.3, -0.25) is 9.31 Å². The van der Waals surface area contributed by atoms with E-state index >= 15 is 0 Å². The Morgan fingerprint density at radius 2 is 2.00 bits per heavy atom. The molecule has 0 saturated heterocycles. The second-order valence-electron chi connectivity index (χ2n) is 3.77. The minimum atomic E-state index is -2.32. The zero-order valence-corrected chi connectivity index (χ0v) is 10.3. The third-order valence-electron chi connectivity index (χ3n) is 2.54. The van der Waals surface area contributed by atoms with Gasteiger partial charge in [-0.2, -0.15) is 5.10 Å². The Kier molecular flexibility index (Phi) is 2.94. The molecule has 0 aliphatic carbocycles. The van der Waals surface area contributed by atoms with E-state index in [2.05, 4.69) is 24.9 Å². The van der Waals surface area contributed by atoms with Crippen LogP contribution in [-0.2, 0) is 11.3 Å². The van der Waals surface area contributed by atoms with E-state index in [4.69, 9.17) is 0 Å². The molecule has 2 N–H and O–H groups in total. The second-order valence-corrected chi connectivity index (χ2v) is 4.45. The number of aromatic nitrogens is 4. The number of nitrogens with one attached hydrogen (secondary N) is 2. The zero-order chi connectivity index (χ0) is 13.2. The molecule has 0 saturated carbocycles. The van der Waals surface area contributed by atoms with Gasteiger partial charge >= 0.3 is 0 Å². The van der Waals surface area contributed by atoms with E-state index < -0.39 is 11.3 Å². The van der Waals surface area contributed by atoms with Gasteiger partial charge in [0.05, 0.1) is 18.1 Å². The summed E-state index contributed by atoms with van der Waals surface area (Å²) in [6.07, 6.45) is 3.24. The smallest absolute Gasteiger partial charge is 0.174 e. The maximum absolute atomic E-state index is 10.5. The van der Waals surface area contributed by atoms with Crippen LogP contribution in [-0.4, -0.2) is 28.9 Å². The number of hydrogen-bond acceptors (Lipinski definition) is 5. The van der Waals surface area contributed by atoms with E-state index in [0.717, 1.165) is 5.56 Å². The van der Waals surface area contributed by atoms with Gasteiger partial charge in [0.25, 0.3) is 0 Å². The van der Waals surface area contributed by atoms with Crippen LogP contribution in [0.25, 0.3) is 22.4 Å². The van der Waals surface area contributed by atoms with Crippen molar-refractivity contribution in [1.82, 2.24) is 20.2 Å². The molecule has 0 amide bonds.